The number of carbonyl (C=O) groups is 2. The van der Waals surface area contributed by atoms with Gasteiger partial charge in [0.15, 0.2) is 11.6 Å². The van der Waals surface area contributed by atoms with Gasteiger partial charge in [-0.15, -0.1) is 0 Å². The average molecular weight is 528 g/mol. The number of alkyl halides is 2. The van der Waals surface area contributed by atoms with Gasteiger partial charge in [-0.25, -0.2) is 18.6 Å². The number of hydrogen-bond acceptors (Lipinski definition) is 7. The van der Waals surface area contributed by atoms with E-state index in [1.807, 2.05) is 0 Å². The van der Waals surface area contributed by atoms with Crippen molar-refractivity contribution in [3.63, 3.8) is 0 Å². The van der Waals surface area contributed by atoms with Crippen molar-refractivity contribution in [3.05, 3.63) is 65.7 Å². The van der Waals surface area contributed by atoms with Crippen LogP contribution < -0.4 is 15.4 Å². The number of carbonyl (C=O) groups excluding carboxylic acids is 2. The molecule has 0 saturated carbocycles. The number of urea groups is 1. The molecular weight excluding hydrogens is 496 g/mol. The lowest BCUT2D eigenvalue weighted by atomic mass is 9.91. The van der Waals surface area contributed by atoms with Crippen LogP contribution in [0.3, 0.4) is 0 Å². The van der Waals surface area contributed by atoms with Gasteiger partial charge >= 0.3 is 6.03 Å². The molecule has 4 rings (SSSR count). The Hall–Kier alpha value is -3.86. The molecule has 11 heteroatoms. The van der Waals surface area contributed by atoms with Crippen molar-refractivity contribution in [2.45, 2.75) is 37.7 Å². The first-order valence-electron chi connectivity index (χ1n) is 12.4. The van der Waals surface area contributed by atoms with Crippen LogP contribution in [0.1, 0.15) is 41.6 Å². The summed E-state index contributed by atoms with van der Waals surface area (Å²) < 4.78 is 37.2. The molecule has 2 N–H and O–H groups in total. The molecule has 0 unspecified atom stereocenters. The van der Waals surface area contributed by atoms with Crippen LogP contribution in [0.2, 0.25) is 0 Å². The van der Waals surface area contributed by atoms with E-state index in [-0.39, 0.29) is 29.9 Å². The van der Waals surface area contributed by atoms with Gasteiger partial charge in [0, 0.05) is 31.3 Å². The zero-order valence-electron chi connectivity index (χ0n) is 21.4. The second-order valence-electron chi connectivity index (χ2n) is 9.78. The predicted molar refractivity (Wildman–Crippen MR) is 138 cm³/mol. The Balaban J connectivity index is 1.26. The van der Waals surface area contributed by atoms with Gasteiger partial charge in [0.05, 0.1) is 11.6 Å². The number of ether oxygens (including phenoxy) is 1. The van der Waals surface area contributed by atoms with E-state index in [1.165, 1.54) is 13.0 Å². The molecule has 2 amide bonds. The third kappa shape index (κ3) is 6.91. The number of anilines is 2. The van der Waals surface area contributed by atoms with E-state index in [0.717, 1.165) is 31.5 Å². The molecule has 1 aliphatic rings. The lowest BCUT2D eigenvalue weighted by Gasteiger charge is -2.29. The fraction of sp³-hybridized carbons (Fsp3) is 0.407. The SMILES string of the molecule is CN1CCC(Oc2ccc(C(=O)Cc3ccc(NC(=O)Nc4cc(C(C)(CF)CF)on4)cc3)nc2)CC1. The standard InChI is InChI=1S/C27H31F2N5O4/c1-27(16-28,17-29)24-14-25(33-38-24)32-26(36)31-19-5-3-18(4-6-19)13-23(35)22-8-7-21(15-30-22)37-20-9-11-34(2)12-10-20/h3-8,14-15,20H,9-13,16-17H2,1-2H3,(H2,31,32,33,36). The Labute approximate surface area is 219 Å². The van der Waals surface area contributed by atoms with Crippen LogP contribution >= 0.6 is 0 Å². The summed E-state index contributed by atoms with van der Waals surface area (Å²) in [4.78, 5) is 31.5. The number of hydrogen-bond donors (Lipinski definition) is 2. The summed E-state index contributed by atoms with van der Waals surface area (Å²) in [5.74, 6) is 0.555. The topological polar surface area (TPSA) is 110 Å². The van der Waals surface area contributed by atoms with Gasteiger partial charge in [0.25, 0.3) is 0 Å². The van der Waals surface area contributed by atoms with Crippen molar-refractivity contribution in [1.82, 2.24) is 15.0 Å². The molecule has 0 spiro atoms. The first-order chi connectivity index (χ1) is 18.3. The summed E-state index contributed by atoms with van der Waals surface area (Å²) in [5.41, 5.74) is 0.139. The minimum atomic E-state index is -1.45. The summed E-state index contributed by atoms with van der Waals surface area (Å²) in [6.45, 7) is 1.43. The molecule has 3 heterocycles. The van der Waals surface area contributed by atoms with Gasteiger partial charge in [-0.1, -0.05) is 17.3 Å². The smallest absolute Gasteiger partial charge is 0.324 e. The molecule has 0 radical (unpaired) electrons. The molecule has 202 valence electrons. The molecule has 0 aliphatic carbocycles. The number of rotatable bonds is 10. The maximum atomic E-state index is 13.1. The highest BCUT2D eigenvalue weighted by molar-refractivity contribution is 5.99. The van der Waals surface area contributed by atoms with Crippen molar-refractivity contribution in [2.24, 2.45) is 0 Å². The normalized spacial score (nSPS) is 14.7. The first-order valence-corrected chi connectivity index (χ1v) is 12.4. The number of likely N-dealkylation sites (tertiary alicyclic amines) is 1. The fourth-order valence-electron chi connectivity index (χ4n) is 3.96. The number of ketones is 1. The lowest BCUT2D eigenvalue weighted by Crippen LogP contribution is -2.35. The van der Waals surface area contributed by atoms with Crippen molar-refractivity contribution in [2.75, 3.05) is 44.1 Å². The zero-order valence-corrected chi connectivity index (χ0v) is 21.4. The highest BCUT2D eigenvalue weighted by Gasteiger charge is 2.32. The number of nitrogens with one attached hydrogen (secondary N) is 2. The number of pyridine rings is 1. The van der Waals surface area contributed by atoms with Crippen LogP contribution in [-0.4, -0.2) is 66.4 Å². The summed E-state index contributed by atoms with van der Waals surface area (Å²) in [5, 5.41) is 8.72. The van der Waals surface area contributed by atoms with Crippen molar-refractivity contribution >= 4 is 23.3 Å². The predicted octanol–water partition coefficient (Wildman–Crippen LogP) is 4.81. The van der Waals surface area contributed by atoms with Crippen molar-refractivity contribution < 1.29 is 27.6 Å². The Morgan fingerprint density at radius 2 is 1.82 bits per heavy atom. The average Bonchev–Trinajstić information content (AvgIpc) is 3.40. The van der Waals surface area contributed by atoms with E-state index in [9.17, 15) is 18.4 Å². The van der Waals surface area contributed by atoms with Crippen LogP contribution in [0.5, 0.6) is 5.75 Å². The molecule has 38 heavy (non-hydrogen) atoms. The number of aromatic nitrogens is 2. The molecule has 0 bridgehead atoms. The van der Waals surface area contributed by atoms with Gasteiger partial charge in [-0.3, -0.25) is 10.1 Å². The number of amides is 2. The molecule has 1 aliphatic heterocycles. The Morgan fingerprint density at radius 3 is 2.45 bits per heavy atom. The van der Waals surface area contributed by atoms with E-state index in [2.05, 4.69) is 32.7 Å². The molecule has 0 atom stereocenters. The second kappa shape index (κ2) is 12.1. The summed E-state index contributed by atoms with van der Waals surface area (Å²) in [7, 11) is 2.10. The van der Waals surface area contributed by atoms with E-state index in [4.69, 9.17) is 9.26 Å². The number of nitrogens with zero attached hydrogens (tertiary/aromatic N) is 3. The maximum Gasteiger partial charge on any atom is 0.324 e. The van der Waals surface area contributed by atoms with E-state index < -0.39 is 24.8 Å². The Kier molecular flexibility index (Phi) is 8.67. The van der Waals surface area contributed by atoms with E-state index in [0.29, 0.717) is 17.1 Å². The third-order valence-electron chi connectivity index (χ3n) is 6.50. The number of piperidine rings is 1. The van der Waals surface area contributed by atoms with Crippen molar-refractivity contribution in [3.8, 4) is 5.75 Å². The van der Waals surface area contributed by atoms with E-state index >= 15 is 0 Å². The van der Waals surface area contributed by atoms with Crippen molar-refractivity contribution in [1.29, 1.82) is 0 Å². The minimum absolute atomic E-state index is 0.000675. The van der Waals surface area contributed by atoms with E-state index in [1.54, 1.807) is 42.6 Å². The molecule has 1 saturated heterocycles. The van der Waals surface area contributed by atoms with Crippen LogP contribution in [0.15, 0.2) is 53.2 Å². The van der Waals surface area contributed by atoms with Crippen LogP contribution in [0.4, 0.5) is 25.1 Å². The molecular formula is C27H31F2N5O4. The van der Waals surface area contributed by atoms with Gasteiger partial charge in [0.2, 0.25) is 0 Å². The molecule has 1 aromatic carbocycles. The monoisotopic (exact) mass is 527 g/mol. The summed E-state index contributed by atoms with van der Waals surface area (Å²) >= 11 is 0. The third-order valence-corrected chi connectivity index (χ3v) is 6.50. The van der Waals surface area contributed by atoms with Gasteiger partial charge < -0.3 is 19.5 Å². The maximum absolute atomic E-state index is 13.1. The number of benzene rings is 1. The molecule has 3 aromatic rings. The summed E-state index contributed by atoms with van der Waals surface area (Å²) in [6, 6.07) is 10.9. The molecule has 2 aromatic heterocycles. The Bertz CT molecular complexity index is 1220. The highest BCUT2D eigenvalue weighted by Crippen LogP contribution is 2.27. The quantitative estimate of drug-likeness (QED) is 0.364. The number of Topliss-reactive ketones (excluding diaryl/α,β-unsaturated/α-hetero) is 1. The van der Waals surface area contributed by atoms with Crippen LogP contribution in [0, 0.1) is 0 Å². The minimum Gasteiger partial charge on any atom is -0.489 e. The second-order valence-corrected chi connectivity index (χ2v) is 9.78. The van der Waals surface area contributed by atoms with Crippen LogP contribution in [0.25, 0.3) is 0 Å². The van der Waals surface area contributed by atoms with Gasteiger partial charge in [-0.2, -0.15) is 0 Å². The molecule has 1 fully saturated rings. The largest absolute Gasteiger partial charge is 0.489 e. The first kappa shape index (κ1) is 27.2. The van der Waals surface area contributed by atoms with Gasteiger partial charge in [-0.05, 0) is 56.6 Å². The highest BCUT2D eigenvalue weighted by atomic mass is 19.1. The fourth-order valence-corrected chi connectivity index (χ4v) is 3.96. The lowest BCUT2D eigenvalue weighted by molar-refractivity contribution is 0.0987. The molecule has 9 nitrogen and oxygen atoms in total. The van der Waals surface area contributed by atoms with Gasteiger partial charge in [0.1, 0.15) is 36.7 Å². The Morgan fingerprint density at radius 1 is 1.11 bits per heavy atom. The summed E-state index contributed by atoms with van der Waals surface area (Å²) in [6.07, 6.45) is 3.83. The zero-order chi connectivity index (χ0) is 27.1. The number of halogens is 2. The van der Waals surface area contributed by atoms with Crippen LogP contribution in [-0.2, 0) is 11.8 Å².